The zero-order chi connectivity index (χ0) is 10.7. The molecule has 0 rings (SSSR count). The highest BCUT2D eigenvalue weighted by Crippen LogP contribution is 1.78. The molecular formula is C8H11NO4. The average molecular weight is 185 g/mol. The summed E-state index contributed by atoms with van der Waals surface area (Å²) in [5, 5.41) is 15.4. The van der Waals surface area contributed by atoms with Gasteiger partial charge in [-0.25, -0.2) is 4.79 Å². The molecule has 0 aliphatic rings. The Morgan fingerprint density at radius 2 is 2.08 bits per heavy atom. The zero-order valence-electron chi connectivity index (χ0n) is 7.48. The fraction of sp³-hybridized carbons (Fsp3) is 0.375. The number of carbonyl (C=O) groups excluding carboxylic acids is 1. The van der Waals surface area contributed by atoms with Crippen molar-refractivity contribution in [3.8, 4) is 6.07 Å². The van der Waals surface area contributed by atoms with Gasteiger partial charge in [-0.05, 0) is 6.92 Å². The van der Waals surface area contributed by atoms with Crippen molar-refractivity contribution >= 4 is 11.9 Å². The molecule has 0 radical (unpaired) electrons. The molecule has 0 bridgehead atoms. The quantitative estimate of drug-likeness (QED) is 0.389. The molecule has 0 aliphatic heterocycles. The Hall–Kier alpha value is -1.83. The summed E-state index contributed by atoms with van der Waals surface area (Å²) < 4.78 is 4.47. The van der Waals surface area contributed by atoms with Crippen LogP contribution in [0.15, 0.2) is 12.2 Å². The van der Waals surface area contributed by atoms with Gasteiger partial charge in [0.15, 0.2) is 0 Å². The Morgan fingerprint density at radius 1 is 1.62 bits per heavy atom. The first kappa shape index (κ1) is 13.7. The number of nitrogens with zero attached hydrogens (tertiary/aromatic N) is 1. The topological polar surface area (TPSA) is 87.4 Å². The largest absolute Gasteiger partial charge is 0.481 e. The number of aliphatic carboxylic acids is 1. The Labute approximate surface area is 76.2 Å². The minimum absolute atomic E-state index is 0.342. The van der Waals surface area contributed by atoms with Crippen LogP contribution in [0.4, 0.5) is 0 Å². The molecule has 0 aliphatic carbocycles. The summed E-state index contributed by atoms with van der Waals surface area (Å²) in [7, 11) is 0. The highest BCUT2D eigenvalue weighted by atomic mass is 16.5. The van der Waals surface area contributed by atoms with Crippen LogP contribution in [0.5, 0.6) is 0 Å². The van der Waals surface area contributed by atoms with E-state index in [0.29, 0.717) is 6.61 Å². The number of ether oxygens (including phenoxy) is 1. The highest BCUT2D eigenvalue weighted by Gasteiger charge is 1.89. The number of allylic oxidation sites excluding steroid dienone is 1. The molecule has 5 nitrogen and oxygen atoms in total. The molecule has 72 valence electrons. The van der Waals surface area contributed by atoms with Gasteiger partial charge in [0.05, 0.1) is 12.7 Å². The molecule has 0 aromatic rings. The third-order valence-corrected chi connectivity index (χ3v) is 0.581. The van der Waals surface area contributed by atoms with Crippen molar-refractivity contribution < 1.29 is 19.4 Å². The van der Waals surface area contributed by atoms with Gasteiger partial charge in [0, 0.05) is 19.1 Å². The number of carboxylic acid groups (broad SMARTS) is 1. The molecule has 0 aromatic carbocycles. The van der Waals surface area contributed by atoms with E-state index in [1.165, 1.54) is 0 Å². The molecule has 13 heavy (non-hydrogen) atoms. The van der Waals surface area contributed by atoms with E-state index in [2.05, 4.69) is 4.74 Å². The molecule has 0 heterocycles. The van der Waals surface area contributed by atoms with Crippen molar-refractivity contribution in [1.29, 1.82) is 5.26 Å². The summed E-state index contributed by atoms with van der Waals surface area (Å²) in [6.07, 6.45) is 2.17. The van der Waals surface area contributed by atoms with E-state index in [9.17, 15) is 4.79 Å². The van der Waals surface area contributed by atoms with E-state index < -0.39 is 11.9 Å². The van der Waals surface area contributed by atoms with Gasteiger partial charge in [0.25, 0.3) is 5.97 Å². The Balaban J connectivity index is 0. The van der Waals surface area contributed by atoms with Crippen LogP contribution in [0.1, 0.15) is 13.8 Å². The third kappa shape index (κ3) is 25.4. The van der Waals surface area contributed by atoms with Gasteiger partial charge in [-0.2, -0.15) is 5.26 Å². The fourth-order valence-corrected chi connectivity index (χ4v) is 0.296. The molecule has 0 atom stereocenters. The van der Waals surface area contributed by atoms with Crippen LogP contribution >= 0.6 is 0 Å². The van der Waals surface area contributed by atoms with Crippen LogP contribution in [0, 0.1) is 11.3 Å². The van der Waals surface area contributed by atoms with Crippen LogP contribution in [0.25, 0.3) is 0 Å². The molecule has 0 amide bonds. The number of esters is 1. The maximum absolute atomic E-state index is 10.3. The summed E-state index contributed by atoms with van der Waals surface area (Å²) in [4.78, 5) is 19.3. The lowest BCUT2D eigenvalue weighted by atomic mass is 10.5. The number of nitriles is 1. The zero-order valence-corrected chi connectivity index (χ0v) is 7.48. The van der Waals surface area contributed by atoms with Crippen molar-refractivity contribution in [1.82, 2.24) is 0 Å². The predicted molar refractivity (Wildman–Crippen MR) is 44.7 cm³/mol. The van der Waals surface area contributed by atoms with Crippen molar-refractivity contribution in [2.45, 2.75) is 13.8 Å². The average Bonchev–Trinajstić information content (AvgIpc) is 2.00. The van der Waals surface area contributed by atoms with Crippen LogP contribution in [-0.4, -0.2) is 23.7 Å². The molecule has 0 unspecified atom stereocenters. The second-order valence-electron chi connectivity index (χ2n) is 1.73. The van der Waals surface area contributed by atoms with Gasteiger partial charge in [0.1, 0.15) is 0 Å². The van der Waals surface area contributed by atoms with E-state index in [0.717, 1.165) is 19.1 Å². The number of carboxylic acids is 1. The van der Waals surface area contributed by atoms with Crippen LogP contribution in [0.2, 0.25) is 0 Å². The predicted octanol–water partition coefficient (Wildman–Crippen LogP) is 0.720. The molecular weight excluding hydrogens is 174 g/mol. The van der Waals surface area contributed by atoms with Gasteiger partial charge in [-0.1, -0.05) is 0 Å². The SMILES string of the molecule is CC(=O)O.CCOC(=O)C=CC#N. The lowest BCUT2D eigenvalue weighted by Crippen LogP contribution is -1.98. The minimum Gasteiger partial charge on any atom is -0.481 e. The maximum atomic E-state index is 10.3. The first-order valence-electron chi connectivity index (χ1n) is 3.47. The Bertz CT molecular complexity index is 223. The molecule has 0 saturated heterocycles. The third-order valence-electron chi connectivity index (χ3n) is 0.581. The molecule has 0 spiro atoms. The summed E-state index contributed by atoms with van der Waals surface area (Å²) in [6.45, 7) is 3.13. The van der Waals surface area contributed by atoms with Gasteiger partial charge in [-0.3, -0.25) is 4.79 Å². The maximum Gasteiger partial charge on any atom is 0.331 e. The van der Waals surface area contributed by atoms with E-state index in [1.54, 1.807) is 13.0 Å². The van der Waals surface area contributed by atoms with Gasteiger partial charge < -0.3 is 9.84 Å². The molecule has 0 saturated carbocycles. The highest BCUT2D eigenvalue weighted by molar-refractivity contribution is 5.82. The van der Waals surface area contributed by atoms with E-state index in [1.807, 2.05) is 0 Å². The fourth-order valence-electron chi connectivity index (χ4n) is 0.296. The Kier molecular flexibility index (Phi) is 10.7. The summed E-state index contributed by atoms with van der Waals surface area (Å²) in [6, 6.07) is 1.68. The van der Waals surface area contributed by atoms with Crippen molar-refractivity contribution in [3.05, 3.63) is 12.2 Å². The van der Waals surface area contributed by atoms with Crippen LogP contribution < -0.4 is 0 Å². The van der Waals surface area contributed by atoms with Crippen molar-refractivity contribution in [2.24, 2.45) is 0 Å². The standard InChI is InChI=1S/C6H7NO2.C2H4O2/c1-2-9-6(8)4-3-5-7;1-2(3)4/h3-4H,2H2,1H3;1H3,(H,3,4). The monoisotopic (exact) mass is 185 g/mol. The second-order valence-corrected chi connectivity index (χ2v) is 1.73. The smallest absolute Gasteiger partial charge is 0.331 e. The number of hydrogen-bond donors (Lipinski definition) is 1. The van der Waals surface area contributed by atoms with Crippen LogP contribution in [-0.2, 0) is 14.3 Å². The van der Waals surface area contributed by atoms with Crippen LogP contribution in [0.3, 0.4) is 0 Å². The van der Waals surface area contributed by atoms with Gasteiger partial charge in [-0.15, -0.1) is 0 Å². The lowest BCUT2D eigenvalue weighted by Gasteiger charge is -1.91. The van der Waals surface area contributed by atoms with E-state index >= 15 is 0 Å². The first-order chi connectivity index (χ1) is 6.04. The number of hydrogen-bond acceptors (Lipinski definition) is 4. The molecule has 1 N–H and O–H groups in total. The number of rotatable bonds is 2. The van der Waals surface area contributed by atoms with Crippen molar-refractivity contribution in [2.75, 3.05) is 6.61 Å². The van der Waals surface area contributed by atoms with Gasteiger partial charge in [0.2, 0.25) is 0 Å². The molecule has 5 heteroatoms. The second kappa shape index (κ2) is 10.2. The van der Waals surface area contributed by atoms with Gasteiger partial charge >= 0.3 is 5.97 Å². The lowest BCUT2D eigenvalue weighted by molar-refractivity contribution is -0.137. The molecule has 0 fully saturated rings. The summed E-state index contributed by atoms with van der Waals surface area (Å²) in [5.41, 5.74) is 0. The van der Waals surface area contributed by atoms with E-state index in [-0.39, 0.29) is 0 Å². The number of carbonyl (C=O) groups is 2. The molecule has 0 aromatic heterocycles. The summed E-state index contributed by atoms with van der Waals surface area (Å²) in [5.74, 6) is -1.31. The van der Waals surface area contributed by atoms with Crippen molar-refractivity contribution in [3.63, 3.8) is 0 Å². The Morgan fingerprint density at radius 3 is 2.38 bits per heavy atom. The minimum atomic E-state index is -0.833. The summed E-state index contributed by atoms with van der Waals surface area (Å²) >= 11 is 0. The first-order valence-corrected chi connectivity index (χ1v) is 3.47. The van der Waals surface area contributed by atoms with E-state index in [4.69, 9.17) is 15.2 Å². The normalized spacial score (nSPS) is 8.08.